The highest BCUT2D eigenvalue weighted by atomic mass is 35.5. The molecule has 2 aliphatic heterocycles. The van der Waals surface area contributed by atoms with Crippen molar-refractivity contribution in [1.82, 2.24) is 14.8 Å². The maximum absolute atomic E-state index is 12.6. The number of likely N-dealkylation sites (tertiary alicyclic amines) is 1. The predicted octanol–water partition coefficient (Wildman–Crippen LogP) is 5.06. The van der Waals surface area contributed by atoms with Gasteiger partial charge in [0.25, 0.3) is 0 Å². The second-order valence-corrected chi connectivity index (χ2v) is 11.8. The van der Waals surface area contributed by atoms with Gasteiger partial charge in [0.1, 0.15) is 12.4 Å². The van der Waals surface area contributed by atoms with Gasteiger partial charge in [0, 0.05) is 48.6 Å². The van der Waals surface area contributed by atoms with Crippen molar-refractivity contribution in [2.75, 3.05) is 30.7 Å². The van der Waals surface area contributed by atoms with Crippen LogP contribution in [0.2, 0.25) is 5.02 Å². The molecule has 1 atom stereocenters. The van der Waals surface area contributed by atoms with Crippen LogP contribution in [0.3, 0.4) is 0 Å². The Morgan fingerprint density at radius 3 is 2.53 bits per heavy atom. The number of benzene rings is 2. The van der Waals surface area contributed by atoms with Crippen molar-refractivity contribution in [2.45, 2.75) is 31.5 Å². The summed E-state index contributed by atoms with van der Waals surface area (Å²) in [4.78, 5) is 21.2. The van der Waals surface area contributed by atoms with Gasteiger partial charge in [0.05, 0.1) is 12.3 Å². The number of nitrogens with one attached hydrogen (secondary N) is 1. The number of sulfonamides is 1. The minimum Gasteiger partial charge on any atom is -0.447 e. The van der Waals surface area contributed by atoms with Gasteiger partial charge in [-0.15, -0.1) is 0 Å². The first kappa shape index (κ1) is 26.3. The molecule has 0 spiro atoms. The Morgan fingerprint density at radius 1 is 1.11 bits per heavy atom. The lowest BCUT2D eigenvalue weighted by Gasteiger charge is -2.38. The third-order valence-corrected chi connectivity index (χ3v) is 7.52. The first-order chi connectivity index (χ1) is 18.2. The quantitative estimate of drug-likeness (QED) is 0.414. The van der Waals surface area contributed by atoms with Crippen molar-refractivity contribution in [3.05, 3.63) is 83.0 Å². The topological polar surface area (TPSA) is 101 Å². The zero-order chi connectivity index (χ0) is 26.7. The molecule has 1 unspecified atom stereocenters. The van der Waals surface area contributed by atoms with Gasteiger partial charge in [-0.1, -0.05) is 29.8 Å². The van der Waals surface area contributed by atoms with Crippen molar-refractivity contribution in [3.63, 3.8) is 0 Å². The lowest BCUT2D eigenvalue weighted by Crippen LogP contribution is -2.46. The van der Waals surface area contributed by atoms with Crippen LogP contribution < -0.4 is 9.46 Å². The van der Waals surface area contributed by atoms with Crippen LogP contribution >= 0.6 is 11.6 Å². The molecule has 38 heavy (non-hydrogen) atoms. The van der Waals surface area contributed by atoms with Crippen LogP contribution in [0.4, 0.5) is 10.5 Å². The van der Waals surface area contributed by atoms with E-state index in [9.17, 15) is 13.2 Å². The number of halogens is 1. The van der Waals surface area contributed by atoms with E-state index in [-0.39, 0.29) is 18.2 Å². The molecular weight excluding hydrogens is 528 g/mol. The van der Waals surface area contributed by atoms with Crippen LogP contribution in [0, 0.1) is 0 Å². The molecule has 2 aromatic carbocycles. The first-order valence-electron chi connectivity index (χ1n) is 12.4. The predicted molar refractivity (Wildman–Crippen MR) is 145 cm³/mol. The smallest absolute Gasteiger partial charge is 0.410 e. The summed E-state index contributed by atoms with van der Waals surface area (Å²) >= 11 is 6.18. The standard InChI is InChI=1S/C27H29ClN4O5S/c1-38(34,35)30-22-6-8-24(9-7-22)37-26-10-5-19(16-29-26)17-31-13-11-23(12-14-31)32-25(18-36-27(32)33)20-3-2-4-21(28)15-20/h2-10,15-16,23,25,30H,11-14,17-18H2,1H3. The van der Waals surface area contributed by atoms with Gasteiger partial charge in [-0.25, -0.2) is 18.2 Å². The van der Waals surface area contributed by atoms with Crippen LogP contribution in [-0.4, -0.2) is 61.3 Å². The number of carbonyl (C=O) groups excluding carboxylic acids is 1. The number of amides is 1. The van der Waals surface area contributed by atoms with Crippen molar-refractivity contribution in [1.29, 1.82) is 0 Å². The van der Waals surface area contributed by atoms with E-state index in [1.807, 2.05) is 41.3 Å². The zero-order valence-corrected chi connectivity index (χ0v) is 22.5. The van der Waals surface area contributed by atoms with E-state index in [1.165, 1.54) is 0 Å². The Morgan fingerprint density at radius 2 is 1.87 bits per heavy atom. The van der Waals surface area contributed by atoms with Crippen molar-refractivity contribution in [2.24, 2.45) is 0 Å². The number of nitrogens with zero attached hydrogens (tertiary/aromatic N) is 3. The number of rotatable bonds is 8. The average Bonchev–Trinajstić information content (AvgIpc) is 3.27. The Hall–Kier alpha value is -3.34. The maximum atomic E-state index is 12.6. The number of hydrogen-bond acceptors (Lipinski definition) is 7. The lowest BCUT2D eigenvalue weighted by atomic mass is 9.99. The van der Waals surface area contributed by atoms with E-state index in [0.29, 0.717) is 28.9 Å². The second-order valence-electron chi connectivity index (χ2n) is 9.57. The molecule has 1 amide bonds. The molecule has 11 heteroatoms. The molecule has 0 saturated carbocycles. The largest absolute Gasteiger partial charge is 0.447 e. The number of pyridine rings is 1. The molecule has 9 nitrogen and oxygen atoms in total. The molecule has 3 heterocycles. The van der Waals surface area contributed by atoms with Crippen LogP contribution in [-0.2, 0) is 21.3 Å². The Kier molecular flexibility index (Phi) is 7.73. The highest BCUT2D eigenvalue weighted by Crippen LogP contribution is 2.34. The molecule has 2 saturated heterocycles. The Bertz CT molecular complexity index is 1380. The van der Waals surface area contributed by atoms with Gasteiger partial charge in [-0.2, -0.15) is 0 Å². The molecule has 3 aromatic rings. The average molecular weight is 557 g/mol. The third-order valence-electron chi connectivity index (χ3n) is 6.68. The Labute approximate surface area is 227 Å². The van der Waals surface area contributed by atoms with Crippen LogP contribution in [0.5, 0.6) is 11.6 Å². The summed E-state index contributed by atoms with van der Waals surface area (Å²) < 4.78 is 36.3. The molecule has 200 valence electrons. The van der Waals surface area contributed by atoms with Gasteiger partial charge >= 0.3 is 6.09 Å². The Balaban J connectivity index is 1.13. The van der Waals surface area contributed by atoms with E-state index < -0.39 is 10.0 Å². The van der Waals surface area contributed by atoms with E-state index in [0.717, 1.165) is 49.9 Å². The number of anilines is 1. The summed E-state index contributed by atoms with van der Waals surface area (Å²) in [5, 5.41) is 0.654. The van der Waals surface area contributed by atoms with E-state index in [4.69, 9.17) is 21.1 Å². The van der Waals surface area contributed by atoms with Gasteiger partial charge in [0.15, 0.2) is 0 Å². The molecule has 2 fully saturated rings. The van der Waals surface area contributed by atoms with E-state index in [1.54, 1.807) is 30.5 Å². The van der Waals surface area contributed by atoms with E-state index >= 15 is 0 Å². The fourth-order valence-electron chi connectivity index (χ4n) is 4.91. The first-order valence-corrected chi connectivity index (χ1v) is 14.6. The highest BCUT2D eigenvalue weighted by Gasteiger charge is 2.40. The van der Waals surface area contributed by atoms with E-state index in [2.05, 4.69) is 14.6 Å². The monoisotopic (exact) mass is 556 g/mol. The molecule has 0 aliphatic carbocycles. The van der Waals surface area contributed by atoms with Crippen molar-refractivity contribution in [3.8, 4) is 11.6 Å². The summed E-state index contributed by atoms with van der Waals surface area (Å²) in [6.45, 7) is 2.83. The lowest BCUT2D eigenvalue weighted by molar-refractivity contribution is 0.104. The van der Waals surface area contributed by atoms with Gasteiger partial charge < -0.3 is 9.47 Å². The maximum Gasteiger partial charge on any atom is 0.410 e. The second kappa shape index (κ2) is 11.2. The fraction of sp³-hybridized carbons (Fsp3) is 0.333. The number of hydrogen-bond donors (Lipinski definition) is 1. The fourth-order valence-corrected chi connectivity index (χ4v) is 5.67. The number of cyclic esters (lactones) is 1. The summed E-state index contributed by atoms with van der Waals surface area (Å²) in [6.07, 6.45) is 4.38. The number of carbonyl (C=O) groups is 1. The number of piperidine rings is 1. The number of aromatic nitrogens is 1. The molecule has 0 radical (unpaired) electrons. The zero-order valence-electron chi connectivity index (χ0n) is 20.9. The normalized spacial score (nSPS) is 18.8. The van der Waals surface area contributed by atoms with Crippen molar-refractivity contribution >= 4 is 33.4 Å². The van der Waals surface area contributed by atoms with Gasteiger partial charge in [-0.05, 0) is 60.4 Å². The molecule has 0 bridgehead atoms. The molecule has 5 rings (SSSR count). The minimum atomic E-state index is -3.33. The van der Waals surface area contributed by atoms with Crippen LogP contribution in [0.15, 0.2) is 66.9 Å². The van der Waals surface area contributed by atoms with Crippen molar-refractivity contribution < 1.29 is 22.7 Å². The summed E-state index contributed by atoms with van der Waals surface area (Å²) in [5.74, 6) is 1.01. The van der Waals surface area contributed by atoms with Gasteiger partial charge in [-0.3, -0.25) is 14.5 Å². The molecular formula is C27H29ClN4O5S. The highest BCUT2D eigenvalue weighted by molar-refractivity contribution is 7.92. The summed E-state index contributed by atoms with van der Waals surface area (Å²) in [5.41, 5.74) is 2.54. The SMILES string of the molecule is CS(=O)(=O)Nc1ccc(Oc2ccc(CN3CCC(N4C(=O)OCC4c4cccc(Cl)c4)CC3)cn2)cc1. The number of ether oxygens (including phenoxy) is 2. The van der Waals surface area contributed by atoms with Crippen LogP contribution in [0.1, 0.15) is 30.0 Å². The minimum absolute atomic E-state index is 0.110. The van der Waals surface area contributed by atoms with Crippen LogP contribution in [0.25, 0.3) is 0 Å². The molecule has 1 N–H and O–H groups in total. The summed E-state index contributed by atoms with van der Waals surface area (Å²) in [7, 11) is -3.33. The molecule has 1 aromatic heterocycles. The van der Waals surface area contributed by atoms with Gasteiger partial charge in [0.2, 0.25) is 15.9 Å². The summed E-state index contributed by atoms with van der Waals surface area (Å²) in [6, 6.07) is 18.1. The third kappa shape index (κ3) is 6.56. The molecule has 2 aliphatic rings.